The maximum absolute atomic E-state index is 5.76. The Kier molecular flexibility index (Phi) is 3.79. The van der Waals surface area contributed by atoms with Crippen molar-refractivity contribution >= 4 is 10.9 Å². The smallest absolute Gasteiger partial charge is 0.230 e. The van der Waals surface area contributed by atoms with E-state index in [0.29, 0.717) is 17.7 Å². The Morgan fingerprint density at radius 3 is 2.83 bits per heavy atom. The van der Waals surface area contributed by atoms with Crippen LogP contribution in [0.5, 0.6) is 0 Å². The molecular weight excluding hydrogens is 288 g/mol. The van der Waals surface area contributed by atoms with Gasteiger partial charge in [-0.3, -0.25) is 4.98 Å². The average Bonchev–Trinajstić information content (AvgIpc) is 3.11. The number of aromatic nitrogens is 3. The Labute approximate surface area is 134 Å². The highest BCUT2D eigenvalue weighted by Crippen LogP contribution is 2.35. The van der Waals surface area contributed by atoms with Gasteiger partial charge in [0.15, 0.2) is 0 Å². The number of rotatable bonds is 3. The van der Waals surface area contributed by atoms with E-state index in [9.17, 15) is 0 Å². The molecule has 1 fully saturated rings. The number of hydrogen-bond acceptors (Lipinski definition) is 5. The Bertz CT molecular complexity index is 805. The first-order valence-corrected chi connectivity index (χ1v) is 8.22. The minimum Gasteiger partial charge on any atom is -0.339 e. The van der Waals surface area contributed by atoms with Gasteiger partial charge in [-0.15, -0.1) is 0 Å². The summed E-state index contributed by atoms with van der Waals surface area (Å²) in [5, 5.41) is 5.26. The fourth-order valence-corrected chi connectivity index (χ4v) is 3.38. The molecule has 0 radical (unpaired) electrons. The minimum absolute atomic E-state index is 0.376. The first-order valence-electron chi connectivity index (χ1n) is 8.22. The third kappa shape index (κ3) is 2.84. The van der Waals surface area contributed by atoms with E-state index in [1.165, 1.54) is 0 Å². The van der Waals surface area contributed by atoms with Crippen LogP contribution in [0.15, 0.2) is 41.1 Å². The van der Waals surface area contributed by atoms with Crippen molar-refractivity contribution in [3.05, 3.63) is 42.4 Å². The van der Waals surface area contributed by atoms with Crippen LogP contribution in [-0.2, 0) is 0 Å². The van der Waals surface area contributed by atoms with E-state index in [1.54, 1.807) is 6.20 Å². The predicted molar refractivity (Wildman–Crippen MR) is 88.8 cm³/mol. The lowest BCUT2D eigenvalue weighted by atomic mass is 9.82. The van der Waals surface area contributed by atoms with Gasteiger partial charge in [0.1, 0.15) is 0 Å². The highest BCUT2D eigenvalue weighted by atomic mass is 16.5. The van der Waals surface area contributed by atoms with Crippen LogP contribution in [0.1, 0.15) is 37.5 Å². The highest BCUT2D eigenvalue weighted by Gasteiger charge is 2.26. The second-order valence-corrected chi connectivity index (χ2v) is 6.32. The van der Waals surface area contributed by atoms with Crippen LogP contribution < -0.4 is 5.73 Å². The summed E-state index contributed by atoms with van der Waals surface area (Å²) in [6.07, 6.45) is 6.28. The molecule has 4 rings (SSSR count). The first kappa shape index (κ1) is 14.3. The molecule has 1 aliphatic rings. The molecule has 0 amide bonds. The van der Waals surface area contributed by atoms with Gasteiger partial charge in [0, 0.05) is 23.1 Å². The van der Waals surface area contributed by atoms with Gasteiger partial charge in [-0.05, 0) is 62.4 Å². The molecule has 118 valence electrons. The van der Waals surface area contributed by atoms with E-state index in [1.807, 2.05) is 24.3 Å². The molecule has 2 heterocycles. The van der Waals surface area contributed by atoms with Crippen LogP contribution >= 0.6 is 0 Å². The summed E-state index contributed by atoms with van der Waals surface area (Å²) >= 11 is 0. The van der Waals surface area contributed by atoms with Crippen LogP contribution in [0.3, 0.4) is 0 Å². The van der Waals surface area contributed by atoms with Crippen molar-refractivity contribution in [2.45, 2.75) is 31.6 Å². The van der Waals surface area contributed by atoms with Crippen LogP contribution in [0.4, 0.5) is 0 Å². The van der Waals surface area contributed by atoms with Crippen LogP contribution in [0.2, 0.25) is 0 Å². The van der Waals surface area contributed by atoms with Gasteiger partial charge >= 0.3 is 0 Å². The Morgan fingerprint density at radius 1 is 1.13 bits per heavy atom. The molecule has 2 aromatic heterocycles. The molecule has 2 N–H and O–H groups in total. The molecule has 5 nitrogen and oxygen atoms in total. The molecular formula is C18H20N4O. The molecule has 3 aromatic rings. The monoisotopic (exact) mass is 308 g/mol. The molecule has 0 bridgehead atoms. The van der Waals surface area contributed by atoms with Gasteiger partial charge < -0.3 is 10.3 Å². The minimum atomic E-state index is 0.376. The maximum Gasteiger partial charge on any atom is 0.230 e. The van der Waals surface area contributed by atoms with Crippen molar-refractivity contribution < 1.29 is 4.52 Å². The van der Waals surface area contributed by atoms with Crippen molar-refractivity contribution in [3.8, 4) is 11.4 Å². The quantitative estimate of drug-likeness (QED) is 0.801. The zero-order chi connectivity index (χ0) is 15.6. The summed E-state index contributed by atoms with van der Waals surface area (Å²) in [6.45, 7) is 0.785. The van der Waals surface area contributed by atoms with Crippen LogP contribution in [0.25, 0.3) is 22.3 Å². The molecule has 23 heavy (non-hydrogen) atoms. The molecule has 0 atom stereocenters. The topological polar surface area (TPSA) is 77.8 Å². The highest BCUT2D eigenvalue weighted by molar-refractivity contribution is 5.82. The van der Waals surface area contributed by atoms with Crippen molar-refractivity contribution in [2.75, 3.05) is 6.54 Å². The average molecular weight is 308 g/mol. The molecule has 1 aliphatic carbocycles. The normalized spacial score (nSPS) is 21.6. The number of fused-ring (bicyclic) bond motifs is 1. The number of nitrogens with zero attached hydrogens (tertiary/aromatic N) is 3. The second-order valence-electron chi connectivity index (χ2n) is 6.32. The van der Waals surface area contributed by atoms with E-state index in [2.05, 4.69) is 21.2 Å². The zero-order valence-corrected chi connectivity index (χ0v) is 13.0. The van der Waals surface area contributed by atoms with Gasteiger partial charge in [0.2, 0.25) is 11.7 Å². The van der Waals surface area contributed by atoms with Crippen molar-refractivity contribution in [3.63, 3.8) is 0 Å². The van der Waals surface area contributed by atoms with Crippen LogP contribution in [0, 0.1) is 5.92 Å². The first-order chi connectivity index (χ1) is 11.3. The number of nitrogens with two attached hydrogens (primary N) is 1. The van der Waals surface area contributed by atoms with Crippen LogP contribution in [-0.4, -0.2) is 21.7 Å². The van der Waals surface area contributed by atoms with E-state index < -0.39 is 0 Å². The Morgan fingerprint density at radius 2 is 2.00 bits per heavy atom. The standard InChI is InChI=1S/C18H20N4O/c19-11-12-3-5-13(6-4-12)18-21-17(22-23-18)15-7-8-16-14(10-15)2-1-9-20-16/h1-2,7-10,12-13H,3-6,11,19H2. The summed E-state index contributed by atoms with van der Waals surface area (Å²) < 4.78 is 5.53. The Hall–Kier alpha value is -2.27. The lowest BCUT2D eigenvalue weighted by Gasteiger charge is -2.24. The predicted octanol–water partition coefficient (Wildman–Crippen LogP) is 3.52. The van der Waals surface area contributed by atoms with E-state index >= 15 is 0 Å². The molecule has 1 saturated carbocycles. The summed E-state index contributed by atoms with van der Waals surface area (Å²) in [4.78, 5) is 8.97. The van der Waals surface area contributed by atoms with Crippen molar-refractivity contribution in [1.82, 2.24) is 15.1 Å². The largest absolute Gasteiger partial charge is 0.339 e. The molecule has 0 aliphatic heterocycles. The SMILES string of the molecule is NCC1CCC(c2nc(-c3ccc4ncccc4c3)no2)CC1. The summed E-state index contributed by atoms with van der Waals surface area (Å²) in [6, 6.07) is 10.0. The number of pyridine rings is 1. The molecule has 0 saturated heterocycles. The number of benzene rings is 1. The molecule has 0 spiro atoms. The Balaban J connectivity index is 1.57. The van der Waals surface area contributed by atoms with Gasteiger partial charge in [0.05, 0.1) is 5.52 Å². The van der Waals surface area contributed by atoms with Gasteiger partial charge in [0.25, 0.3) is 0 Å². The summed E-state index contributed by atoms with van der Waals surface area (Å²) in [5.74, 6) is 2.45. The molecule has 5 heteroatoms. The summed E-state index contributed by atoms with van der Waals surface area (Å²) in [5.41, 5.74) is 7.70. The van der Waals surface area contributed by atoms with E-state index in [0.717, 1.165) is 54.6 Å². The van der Waals surface area contributed by atoms with E-state index in [-0.39, 0.29) is 0 Å². The molecule has 1 aromatic carbocycles. The third-order valence-electron chi connectivity index (χ3n) is 4.83. The fraction of sp³-hybridized carbons (Fsp3) is 0.389. The zero-order valence-electron chi connectivity index (χ0n) is 13.0. The van der Waals surface area contributed by atoms with Gasteiger partial charge in [-0.2, -0.15) is 4.98 Å². The van der Waals surface area contributed by atoms with Crippen molar-refractivity contribution in [2.24, 2.45) is 11.7 Å². The lowest BCUT2D eigenvalue weighted by molar-refractivity contribution is 0.275. The van der Waals surface area contributed by atoms with Gasteiger partial charge in [-0.1, -0.05) is 11.2 Å². The van der Waals surface area contributed by atoms with E-state index in [4.69, 9.17) is 10.3 Å². The lowest BCUT2D eigenvalue weighted by Crippen LogP contribution is -2.20. The van der Waals surface area contributed by atoms with Crippen molar-refractivity contribution in [1.29, 1.82) is 0 Å². The maximum atomic E-state index is 5.76. The fourth-order valence-electron chi connectivity index (χ4n) is 3.38. The number of hydrogen-bond donors (Lipinski definition) is 1. The second kappa shape index (κ2) is 6.08. The third-order valence-corrected chi connectivity index (χ3v) is 4.83. The summed E-state index contributed by atoms with van der Waals surface area (Å²) in [7, 11) is 0. The van der Waals surface area contributed by atoms with Gasteiger partial charge in [-0.25, -0.2) is 0 Å². The molecule has 0 unspecified atom stereocenters.